The molecule has 6 nitrogen and oxygen atoms in total. The zero-order chi connectivity index (χ0) is 19.4. The highest BCUT2D eigenvalue weighted by atomic mass is 79.9. The Labute approximate surface area is 167 Å². The first kappa shape index (κ1) is 19.9. The van der Waals surface area contributed by atoms with Crippen molar-refractivity contribution in [3.63, 3.8) is 0 Å². The van der Waals surface area contributed by atoms with Crippen LogP contribution in [0.15, 0.2) is 35.1 Å². The topological polar surface area (TPSA) is 60.3 Å². The first-order valence-corrected chi connectivity index (χ1v) is 9.25. The molecular weight excluding hydrogens is 449 g/mol. The number of thiocarbonyl (C=S) groups is 1. The third-order valence-corrected chi connectivity index (χ3v) is 4.54. The molecule has 1 aliphatic heterocycles. The van der Waals surface area contributed by atoms with E-state index in [9.17, 15) is 13.2 Å². The molecule has 2 aromatic rings. The van der Waals surface area contributed by atoms with Gasteiger partial charge in [0.05, 0.1) is 23.6 Å². The molecule has 0 bridgehead atoms. The third-order valence-electron chi connectivity index (χ3n) is 3.84. The summed E-state index contributed by atoms with van der Waals surface area (Å²) in [7, 11) is 0. The van der Waals surface area contributed by atoms with Crippen LogP contribution in [0.4, 0.5) is 24.5 Å². The van der Waals surface area contributed by atoms with Gasteiger partial charge in [0.15, 0.2) is 10.9 Å². The molecule has 1 fully saturated rings. The maximum Gasteiger partial charge on any atom is 0.573 e. The van der Waals surface area contributed by atoms with E-state index in [1.54, 1.807) is 18.5 Å². The van der Waals surface area contributed by atoms with Gasteiger partial charge in [-0.15, -0.1) is 13.2 Å². The number of nitrogens with zero attached hydrogens (tertiary/aromatic N) is 2. The molecule has 1 saturated heterocycles. The maximum atomic E-state index is 12.6. The van der Waals surface area contributed by atoms with E-state index in [2.05, 4.69) is 36.4 Å². The van der Waals surface area contributed by atoms with Crippen LogP contribution >= 0.6 is 28.1 Å². The number of alkyl halides is 3. The summed E-state index contributed by atoms with van der Waals surface area (Å²) in [5, 5.41) is 10.1. The fraction of sp³-hybridized carbons (Fsp3) is 0.375. The van der Waals surface area contributed by atoms with E-state index >= 15 is 0 Å². The van der Waals surface area contributed by atoms with E-state index < -0.39 is 6.36 Å². The molecule has 1 aromatic heterocycles. The molecule has 2 heterocycles. The molecule has 1 aromatic carbocycles. The van der Waals surface area contributed by atoms with Gasteiger partial charge in [-0.2, -0.15) is 5.10 Å². The Morgan fingerprint density at radius 2 is 2.04 bits per heavy atom. The number of halogens is 4. The van der Waals surface area contributed by atoms with Gasteiger partial charge in [0, 0.05) is 23.9 Å². The lowest BCUT2D eigenvalue weighted by Crippen LogP contribution is -2.22. The monoisotopic (exact) mass is 464 g/mol. The Morgan fingerprint density at radius 3 is 2.74 bits per heavy atom. The van der Waals surface area contributed by atoms with Crippen molar-refractivity contribution in [3.8, 4) is 5.75 Å². The molecule has 146 valence electrons. The fourth-order valence-electron chi connectivity index (χ4n) is 2.65. The number of anilines is 2. The van der Waals surface area contributed by atoms with Gasteiger partial charge >= 0.3 is 6.36 Å². The molecule has 3 rings (SSSR count). The lowest BCUT2D eigenvalue weighted by atomic mass is 10.1. The van der Waals surface area contributed by atoms with E-state index in [4.69, 9.17) is 17.0 Å². The average Bonchev–Trinajstić information content (AvgIpc) is 3.05. The molecular formula is C16H16BrF3N4O2S. The number of aromatic nitrogens is 2. The minimum atomic E-state index is -4.81. The molecule has 0 saturated carbocycles. The summed E-state index contributed by atoms with van der Waals surface area (Å²) in [6.07, 6.45) is 0.357. The van der Waals surface area contributed by atoms with Crippen LogP contribution in [0.5, 0.6) is 5.75 Å². The highest BCUT2D eigenvalue weighted by Crippen LogP contribution is 2.33. The molecule has 0 spiro atoms. The van der Waals surface area contributed by atoms with Crippen molar-refractivity contribution < 1.29 is 22.6 Å². The van der Waals surface area contributed by atoms with E-state index in [1.807, 2.05) is 4.68 Å². The van der Waals surface area contributed by atoms with Gasteiger partial charge in [-0.1, -0.05) is 15.9 Å². The van der Waals surface area contributed by atoms with Crippen LogP contribution in [0, 0.1) is 0 Å². The van der Waals surface area contributed by atoms with Gasteiger partial charge in [0.2, 0.25) is 0 Å². The zero-order valence-corrected chi connectivity index (χ0v) is 16.3. The number of nitrogens with one attached hydrogen (secondary N) is 2. The van der Waals surface area contributed by atoms with Crippen molar-refractivity contribution in [1.82, 2.24) is 9.78 Å². The molecule has 0 unspecified atom stereocenters. The van der Waals surface area contributed by atoms with Crippen molar-refractivity contribution >= 4 is 44.6 Å². The maximum absolute atomic E-state index is 12.6. The first-order chi connectivity index (χ1) is 12.8. The van der Waals surface area contributed by atoms with Gasteiger partial charge in [-0.25, -0.2) is 0 Å². The largest absolute Gasteiger partial charge is 0.573 e. The zero-order valence-electron chi connectivity index (χ0n) is 13.9. The molecule has 1 aliphatic rings. The van der Waals surface area contributed by atoms with Gasteiger partial charge in [0.25, 0.3) is 0 Å². The molecule has 0 atom stereocenters. The van der Waals surface area contributed by atoms with Crippen LogP contribution in [0.1, 0.15) is 18.9 Å². The van der Waals surface area contributed by atoms with Gasteiger partial charge < -0.3 is 20.1 Å². The Bertz CT molecular complexity index is 809. The predicted octanol–water partition coefficient (Wildman–Crippen LogP) is 4.70. The minimum Gasteiger partial charge on any atom is -0.404 e. The Hall–Kier alpha value is -1.85. The summed E-state index contributed by atoms with van der Waals surface area (Å²) in [6, 6.07) is 4.48. The molecule has 0 aliphatic carbocycles. The van der Waals surface area contributed by atoms with E-state index in [-0.39, 0.29) is 22.6 Å². The number of benzene rings is 1. The summed E-state index contributed by atoms with van der Waals surface area (Å²) in [5.74, 6) is -0.390. The fourth-order valence-corrected chi connectivity index (χ4v) is 3.21. The van der Waals surface area contributed by atoms with Crippen LogP contribution in [0.3, 0.4) is 0 Å². The van der Waals surface area contributed by atoms with Crippen molar-refractivity contribution in [3.05, 3.63) is 35.1 Å². The number of hydrogen-bond acceptors (Lipinski definition) is 4. The van der Waals surface area contributed by atoms with Crippen molar-refractivity contribution in [2.45, 2.75) is 25.2 Å². The van der Waals surface area contributed by atoms with E-state index in [0.717, 1.165) is 12.8 Å². The smallest absolute Gasteiger partial charge is 0.404 e. The number of hydrogen-bond donors (Lipinski definition) is 2. The van der Waals surface area contributed by atoms with Crippen LogP contribution < -0.4 is 15.4 Å². The Balaban J connectivity index is 1.65. The van der Waals surface area contributed by atoms with Gasteiger partial charge in [-0.05, 0) is 43.3 Å². The highest BCUT2D eigenvalue weighted by molar-refractivity contribution is 9.10. The second-order valence-corrected chi connectivity index (χ2v) is 7.14. The summed E-state index contributed by atoms with van der Waals surface area (Å²) in [6.45, 7) is 1.39. The second kappa shape index (κ2) is 8.44. The normalized spacial score (nSPS) is 15.4. The Morgan fingerprint density at radius 1 is 1.30 bits per heavy atom. The quantitative estimate of drug-likeness (QED) is 0.639. The molecule has 0 radical (unpaired) electrons. The van der Waals surface area contributed by atoms with Gasteiger partial charge in [0.1, 0.15) is 0 Å². The number of rotatable bonds is 4. The van der Waals surface area contributed by atoms with Crippen LogP contribution in [-0.4, -0.2) is 34.5 Å². The average molecular weight is 465 g/mol. The van der Waals surface area contributed by atoms with Crippen molar-refractivity contribution in [2.75, 3.05) is 23.8 Å². The molecule has 0 amide bonds. The summed E-state index contributed by atoms with van der Waals surface area (Å²) < 4.78 is 49.4. The van der Waals surface area contributed by atoms with Crippen LogP contribution in [0.2, 0.25) is 0 Å². The summed E-state index contributed by atoms with van der Waals surface area (Å²) in [4.78, 5) is 0. The van der Waals surface area contributed by atoms with Crippen molar-refractivity contribution in [2.24, 2.45) is 0 Å². The molecule has 2 N–H and O–H groups in total. The summed E-state index contributed by atoms with van der Waals surface area (Å²) >= 11 is 8.31. The molecule has 27 heavy (non-hydrogen) atoms. The number of ether oxygens (including phenoxy) is 2. The standard InChI is InChI=1S/C16H16BrF3N4O2S/c17-10-1-2-13(14(7-10)26-16(18,19)20)23-15(27)22-11-8-21-24(9-11)12-3-5-25-6-4-12/h1-2,7-9,12H,3-6H2,(H2,22,23,27). The lowest BCUT2D eigenvalue weighted by molar-refractivity contribution is -0.274. The van der Waals surface area contributed by atoms with E-state index in [0.29, 0.717) is 23.4 Å². The SMILES string of the molecule is FC(F)(F)Oc1cc(Br)ccc1NC(=S)Nc1cnn(C2CCOCC2)c1. The minimum absolute atomic E-state index is 0.0878. The van der Waals surface area contributed by atoms with Crippen LogP contribution in [0.25, 0.3) is 0 Å². The third kappa shape index (κ3) is 5.81. The van der Waals surface area contributed by atoms with Crippen molar-refractivity contribution in [1.29, 1.82) is 0 Å². The first-order valence-electron chi connectivity index (χ1n) is 8.05. The van der Waals surface area contributed by atoms with Gasteiger partial charge in [-0.3, -0.25) is 4.68 Å². The highest BCUT2D eigenvalue weighted by Gasteiger charge is 2.32. The second-order valence-electron chi connectivity index (χ2n) is 5.82. The summed E-state index contributed by atoms with van der Waals surface area (Å²) in [5.41, 5.74) is 0.722. The lowest BCUT2D eigenvalue weighted by Gasteiger charge is -2.22. The predicted molar refractivity (Wildman–Crippen MR) is 102 cm³/mol. The van der Waals surface area contributed by atoms with E-state index in [1.165, 1.54) is 12.1 Å². The Kier molecular flexibility index (Phi) is 6.22. The van der Waals surface area contributed by atoms with Crippen LogP contribution in [-0.2, 0) is 4.74 Å². The molecule has 11 heteroatoms.